The molecule has 0 bridgehead atoms. The van der Waals surface area contributed by atoms with Crippen LogP contribution in [0.1, 0.15) is 22.6 Å². The highest BCUT2D eigenvalue weighted by atomic mass is 35.5. The number of benzene rings is 2. The summed E-state index contributed by atoms with van der Waals surface area (Å²) in [5.41, 5.74) is 4.23. The number of fused-ring (bicyclic) bond motifs is 1. The number of nitrogens with one attached hydrogen (secondary N) is 1. The second-order valence-corrected chi connectivity index (χ2v) is 9.72. The minimum atomic E-state index is -0.300. The summed E-state index contributed by atoms with van der Waals surface area (Å²) in [5.74, 6) is 2.01. The van der Waals surface area contributed by atoms with Crippen LogP contribution >= 0.6 is 11.6 Å². The molecule has 5 rings (SSSR count). The number of rotatable bonds is 8. The summed E-state index contributed by atoms with van der Waals surface area (Å²) in [7, 11) is 3.84. The molecule has 3 aromatic rings. The summed E-state index contributed by atoms with van der Waals surface area (Å²) in [6.07, 6.45) is 4.20. The molecule has 0 saturated carbocycles. The number of likely N-dealkylation sites (N-methyl/N-ethyl adjacent to an activating group) is 1. The van der Waals surface area contributed by atoms with E-state index < -0.39 is 0 Å². The minimum Gasteiger partial charge on any atom is -0.496 e. The second kappa shape index (κ2) is 11.2. The van der Waals surface area contributed by atoms with Crippen LogP contribution in [0, 0.1) is 0 Å². The first-order valence-electron chi connectivity index (χ1n) is 12.5. The molecule has 1 saturated heterocycles. The fourth-order valence-electron chi connectivity index (χ4n) is 4.62. The van der Waals surface area contributed by atoms with Gasteiger partial charge in [0, 0.05) is 68.1 Å². The Bertz CT molecular complexity index is 1400. The summed E-state index contributed by atoms with van der Waals surface area (Å²) in [6, 6.07) is 13.4. The predicted octanol–water partition coefficient (Wildman–Crippen LogP) is 4.88. The fourth-order valence-corrected chi connectivity index (χ4v) is 4.88. The van der Waals surface area contributed by atoms with Crippen molar-refractivity contribution in [1.29, 1.82) is 0 Å². The minimum absolute atomic E-state index is 0.300. The van der Waals surface area contributed by atoms with Crippen LogP contribution in [0.4, 0.5) is 11.4 Å². The van der Waals surface area contributed by atoms with Gasteiger partial charge < -0.3 is 24.6 Å². The maximum absolute atomic E-state index is 11.7. The summed E-state index contributed by atoms with van der Waals surface area (Å²) in [4.78, 5) is 26.0. The highest BCUT2D eigenvalue weighted by Crippen LogP contribution is 2.38. The molecule has 1 N–H and O–H groups in total. The maximum Gasteiger partial charge on any atom is 0.247 e. The quantitative estimate of drug-likeness (QED) is 0.415. The lowest BCUT2D eigenvalue weighted by Gasteiger charge is -2.34. The first-order valence-corrected chi connectivity index (χ1v) is 12.9. The Balaban J connectivity index is 1.41. The third-order valence-corrected chi connectivity index (χ3v) is 7.04. The molecule has 9 heteroatoms. The van der Waals surface area contributed by atoms with Gasteiger partial charge in [0.25, 0.3) is 0 Å². The van der Waals surface area contributed by atoms with Crippen molar-refractivity contribution in [3.05, 3.63) is 83.8 Å². The SMILES string of the molecule is C=CC(=O)Nc1cccc(Oc2nc(Cc3ccc(N4CCN(C)CC4)cc3OC)nc3c2C(Cl)=CC3)c1. The summed E-state index contributed by atoms with van der Waals surface area (Å²) in [6.45, 7) is 7.54. The Labute approximate surface area is 227 Å². The van der Waals surface area contributed by atoms with Gasteiger partial charge in [0.2, 0.25) is 11.8 Å². The topological polar surface area (TPSA) is 79.8 Å². The average Bonchev–Trinajstić information content (AvgIpc) is 3.30. The molecule has 38 heavy (non-hydrogen) atoms. The number of halogens is 1. The number of aromatic nitrogens is 2. The number of amides is 1. The van der Waals surface area contributed by atoms with Gasteiger partial charge in [-0.2, -0.15) is 4.98 Å². The van der Waals surface area contributed by atoms with Crippen molar-refractivity contribution >= 4 is 33.9 Å². The largest absolute Gasteiger partial charge is 0.496 e. The molecule has 0 unspecified atom stereocenters. The number of nitrogens with zero attached hydrogens (tertiary/aromatic N) is 4. The first kappa shape index (κ1) is 25.8. The highest BCUT2D eigenvalue weighted by Gasteiger charge is 2.24. The van der Waals surface area contributed by atoms with E-state index in [0.29, 0.717) is 46.6 Å². The van der Waals surface area contributed by atoms with Gasteiger partial charge in [0.05, 0.1) is 23.4 Å². The van der Waals surface area contributed by atoms with Gasteiger partial charge in [-0.3, -0.25) is 4.79 Å². The number of carbonyl (C=O) groups is 1. The van der Waals surface area contributed by atoms with Crippen LogP contribution in [0.15, 0.2) is 61.2 Å². The van der Waals surface area contributed by atoms with Crippen molar-refractivity contribution < 1.29 is 14.3 Å². The van der Waals surface area contributed by atoms with Crippen LogP contribution in [0.3, 0.4) is 0 Å². The van der Waals surface area contributed by atoms with Gasteiger partial charge in [0.15, 0.2) is 0 Å². The van der Waals surface area contributed by atoms with Gasteiger partial charge in [0.1, 0.15) is 17.3 Å². The van der Waals surface area contributed by atoms with Crippen LogP contribution in [0.25, 0.3) is 5.03 Å². The van der Waals surface area contributed by atoms with Crippen molar-refractivity contribution in [1.82, 2.24) is 14.9 Å². The summed E-state index contributed by atoms with van der Waals surface area (Å²) < 4.78 is 12.0. The monoisotopic (exact) mass is 531 g/mol. The Kier molecular flexibility index (Phi) is 7.62. The highest BCUT2D eigenvalue weighted by molar-refractivity contribution is 6.49. The van der Waals surface area contributed by atoms with Gasteiger partial charge >= 0.3 is 0 Å². The summed E-state index contributed by atoms with van der Waals surface area (Å²) in [5, 5.41) is 3.30. The van der Waals surface area contributed by atoms with Crippen molar-refractivity contribution in [3.63, 3.8) is 0 Å². The molecule has 1 aliphatic carbocycles. The zero-order valence-electron chi connectivity index (χ0n) is 21.5. The molecule has 0 radical (unpaired) electrons. The Hall–Kier alpha value is -3.88. The van der Waals surface area contributed by atoms with Crippen LogP contribution in [-0.2, 0) is 17.6 Å². The van der Waals surface area contributed by atoms with E-state index in [1.807, 2.05) is 6.08 Å². The Morgan fingerprint density at radius 3 is 2.74 bits per heavy atom. The molecular formula is C29H30ClN5O3. The molecule has 1 aromatic heterocycles. The number of anilines is 2. The number of ether oxygens (including phenoxy) is 2. The van der Waals surface area contributed by atoms with E-state index in [9.17, 15) is 4.79 Å². The zero-order valence-corrected chi connectivity index (χ0v) is 22.3. The molecule has 1 fully saturated rings. The molecule has 2 aliphatic rings. The van der Waals surface area contributed by atoms with Crippen molar-refractivity contribution in [2.75, 3.05) is 50.6 Å². The Morgan fingerprint density at radius 1 is 1.16 bits per heavy atom. The average molecular weight is 532 g/mol. The van der Waals surface area contributed by atoms with E-state index in [2.05, 4.69) is 46.9 Å². The van der Waals surface area contributed by atoms with Gasteiger partial charge in [-0.1, -0.05) is 36.4 Å². The first-order chi connectivity index (χ1) is 18.4. The number of hydrogen-bond acceptors (Lipinski definition) is 7. The Morgan fingerprint density at radius 2 is 1.97 bits per heavy atom. The van der Waals surface area contributed by atoms with Crippen LogP contribution < -0.4 is 19.7 Å². The third-order valence-electron chi connectivity index (χ3n) is 6.70. The molecule has 0 spiro atoms. The third kappa shape index (κ3) is 5.66. The molecular weight excluding hydrogens is 502 g/mol. The number of piperazine rings is 1. The van der Waals surface area contributed by atoms with Gasteiger partial charge in [-0.15, -0.1) is 0 Å². The predicted molar refractivity (Wildman–Crippen MR) is 150 cm³/mol. The van der Waals surface area contributed by atoms with E-state index >= 15 is 0 Å². The lowest BCUT2D eigenvalue weighted by Crippen LogP contribution is -2.44. The number of allylic oxidation sites excluding steroid dienone is 1. The molecule has 1 aliphatic heterocycles. The normalized spacial score (nSPS) is 15.0. The lowest BCUT2D eigenvalue weighted by molar-refractivity contribution is -0.111. The molecule has 0 atom stereocenters. The second-order valence-electron chi connectivity index (χ2n) is 9.31. The maximum atomic E-state index is 11.7. The van der Waals surface area contributed by atoms with Crippen molar-refractivity contribution in [2.45, 2.75) is 12.8 Å². The molecule has 196 valence electrons. The van der Waals surface area contributed by atoms with E-state index in [-0.39, 0.29) is 5.91 Å². The smallest absolute Gasteiger partial charge is 0.247 e. The van der Waals surface area contributed by atoms with E-state index in [4.69, 9.17) is 31.0 Å². The standard InChI is InChI=1S/C29H30ClN5O3/c1-4-27(36)31-20-6-5-7-22(17-20)38-29-28-23(30)10-11-24(28)32-26(33-29)16-19-8-9-21(18-25(19)37-3)35-14-12-34(2)13-15-35/h4-10,17-18H,1,11-16H2,2-3H3,(H,31,36). The van der Waals surface area contributed by atoms with Crippen LogP contribution in [0.2, 0.25) is 0 Å². The van der Waals surface area contributed by atoms with Gasteiger partial charge in [-0.25, -0.2) is 4.98 Å². The van der Waals surface area contributed by atoms with Crippen LogP contribution in [0.5, 0.6) is 17.4 Å². The molecule has 2 aromatic carbocycles. The molecule has 2 heterocycles. The lowest BCUT2D eigenvalue weighted by atomic mass is 10.1. The number of methoxy groups -OCH3 is 1. The molecule has 1 amide bonds. The summed E-state index contributed by atoms with van der Waals surface area (Å²) >= 11 is 6.50. The van der Waals surface area contributed by atoms with E-state index in [1.165, 1.54) is 6.08 Å². The van der Waals surface area contributed by atoms with Crippen molar-refractivity contribution in [2.24, 2.45) is 0 Å². The number of carbonyl (C=O) groups excluding carboxylic acids is 1. The van der Waals surface area contributed by atoms with Crippen LogP contribution in [-0.4, -0.2) is 61.1 Å². The van der Waals surface area contributed by atoms with Crippen molar-refractivity contribution in [3.8, 4) is 17.4 Å². The van der Waals surface area contributed by atoms with Gasteiger partial charge in [-0.05, 0) is 31.3 Å². The fraction of sp³-hybridized carbons (Fsp3) is 0.276. The molecule has 8 nitrogen and oxygen atoms in total. The zero-order chi connectivity index (χ0) is 26.6. The van der Waals surface area contributed by atoms with E-state index in [0.717, 1.165) is 48.9 Å². The van der Waals surface area contributed by atoms with E-state index in [1.54, 1.807) is 31.4 Å². The number of hydrogen-bond donors (Lipinski definition) is 1.